The number of urea groups is 1. The highest BCUT2D eigenvalue weighted by Gasteiger charge is 2.30. The number of carboxylic acids is 1. The molecule has 17 heavy (non-hydrogen) atoms. The normalized spacial score (nSPS) is 10.6. The summed E-state index contributed by atoms with van der Waals surface area (Å²) in [5.41, 5.74) is -1.35. The number of rotatable bonds is 5. The van der Waals surface area contributed by atoms with Gasteiger partial charge in [-0.05, 0) is 13.8 Å². The lowest BCUT2D eigenvalue weighted by molar-refractivity contribution is -0.143. The molecule has 0 radical (unpaired) electrons. The summed E-state index contributed by atoms with van der Waals surface area (Å²) in [6.07, 6.45) is 0.0634. The number of carbonyl (C=O) groups excluding carboxylic acids is 2. The van der Waals surface area contributed by atoms with Crippen LogP contribution < -0.4 is 5.32 Å². The fourth-order valence-electron chi connectivity index (χ4n) is 0.879. The SMILES string of the molecule is COC(=O)CCN(C)C(=O)NC(C)(C)C(=O)O. The predicted molar refractivity (Wildman–Crippen MR) is 59.5 cm³/mol. The molecule has 0 unspecified atom stereocenters. The molecular formula is C10H18N2O5. The van der Waals surface area contributed by atoms with Crippen LogP contribution in [-0.2, 0) is 14.3 Å². The van der Waals surface area contributed by atoms with Crippen LogP contribution in [0.1, 0.15) is 20.3 Å². The number of ether oxygens (including phenoxy) is 1. The maximum Gasteiger partial charge on any atom is 0.328 e. The number of carboxylic acid groups (broad SMARTS) is 1. The summed E-state index contributed by atoms with van der Waals surface area (Å²) in [5.74, 6) is -1.56. The molecule has 0 heterocycles. The molecule has 0 aliphatic carbocycles. The molecule has 0 aromatic heterocycles. The molecule has 2 amide bonds. The number of aliphatic carboxylic acids is 1. The van der Waals surface area contributed by atoms with Crippen molar-refractivity contribution in [2.75, 3.05) is 20.7 Å². The molecule has 2 N–H and O–H groups in total. The van der Waals surface area contributed by atoms with Gasteiger partial charge in [-0.2, -0.15) is 0 Å². The lowest BCUT2D eigenvalue weighted by Crippen LogP contribution is -2.53. The predicted octanol–water partition coefficient (Wildman–Crippen LogP) is 0.0541. The standard InChI is InChI=1S/C10H18N2O5/c1-10(2,8(14)15)11-9(16)12(3)6-5-7(13)17-4/h5-6H2,1-4H3,(H,11,16)(H,14,15). The zero-order chi connectivity index (χ0) is 13.6. The van der Waals surface area contributed by atoms with Gasteiger partial charge in [0.25, 0.3) is 0 Å². The topological polar surface area (TPSA) is 95.9 Å². The van der Waals surface area contributed by atoms with Gasteiger partial charge in [-0.15, -0.1) is 0 Å². The largest absolute Gasteiger partial charge is 0.480 e. The Kier molecular flexibility index (Phi) is 5.43. The van der Waals surface area contributed by atoms with E-state index in [2.05, 4.69) is 10.1 Å². The van der Waals surface area contributed by atoms with Crippen LogP contribution in [-0.4, -0.2) is 54.2 Å². The van der Waals surface area contributed by atoms with Crippen molar-refractivity contribution in [1.29, 1.82) is 0 Å². The van der Waals surface area contributed by atoms with Gasteiger partial charge >= 0.3 is 18.0 Å². The lowest BCUT2D eigenvalue weighted by atomic mass is 10.1. The van der Waals surface area contributed by atoms with E-state index in [4.69, 9.17) is 5.11 Å². The molecule has 0 spiro atoms. The second-order valence-corrected chi connectivity index (χ2v) is 4.11. The minimum absolute atomic E-state index is 0.0634. The maximum absolute atomic E-state index is 11.6. The van der Waals surface area contributed by atoms with Crippen molar-refractivity contribution in [2.45, 2.75) is 25.8 Å². The highest BCUT2D eigenvalue weighted by Crippen LogP contribution is 2.03. The quantitative estimate of drug-likeness (QED) is 0.668. The highest BCUT2D eigenvalue weighted by atomic mass is 16.5. The number of methoxy groups -OCH3 is 1. The second kappa shape index (κ2) is 6.07. The van der Waals surface area contributed by atoms with Crippen LogP contribution in [0.2, 0.25) is 0 Å². The van der Waals surface area contributed by atoms with Crippen molar-refractivity contribution in [3.8, 4) is 0 Å². The van der Waals surface area contributed by atoms with Gasteiger partial charge in [0, 0.05) is 13.6 Å². The smallest absolute Gasteiger partial charge is 0.328 e. The Morgan fingerprint density at radius 2 is 1.88 bits per heavy atom. The van der Waals surface area contributed by atoms with Crippen LogP contribution in [0.3, 0.4) is 0 Å². The zero-order valence-corrected chi connectivity index (χ0v) is 10.4. The number of esters is 1. The molecule has 0 saturated heterocycles. The summed E-state index contributed by atoms with van der Waals surface area (Å²) in [6.45, 7) is 2.91. The highest BCUT2D eigenvalue weighted by molar-refractivity contribution is 5.85. The van der Waals surface area contributed by atoms with E-state index in [1.54, 1.807) is 0 Å². The third kappa shape index (κ3) is 5.19. The van der Waals surface area contributed by atoms with E-state index in [-0.39, 0.29) is 13.0 Å². The first kappa shape index (κ1) is 15.2. The van der Waals surface area contributed by atoms with Gasteiger partial charge in [0.1, 0.15) is 5.54 Å². The van der Waals surface area contributed by atoms with Crippen LogP contribution in [0.4, 0.5) is 4.79 Å². The van der Waals surface area contributed by atoms with Gasteiger partial charge in [-0.25, -0.2) is 9.59 Å². The Balaban J connectivity index is 4.23. The number of hydrogen-bond acceptors (Lipinski definition) is 4. The fraction of sp³-hybridized carbons (Fsp3) is 0.700. The molecule has 0 saturated carbocycles. The van der Waals surface area contributed by atoms with E-state index in [0.29, 0.717) is 0 Å². The molecule has 0 aliphatic heterocycles. The number of nitrogens with one attached hydrogen (secondary N) is 1. The van der Waals surface area contributed by atoms with E-state index in [1.807, 2.05) is 0 Å². The van der Waals surface area contributed by atoms with Gasteiger partial charge < -0.3 is 20.1 Å². The van der Waals surface area contributed by atoms with E-state index in [9.17, 15) is 14.4 Å². The minimum atomic E-state index is -1.35. The number of nitrogens with zero attached hydrogens (tertiary/aromatic N) is 1. The Bertz CT molecular complexity index is 314. The van der Waals surface area contributed by atoms with Crippen LogP contribution in [0, 0.1) is 0 Å². The summed E-state index contributed by atoms with van der Waals surface area (Å²) >= 11 is 0. The van der Waals surface area contributed by atoms with Crippen molar-refractivity contribution in [3.63, 3.8) is 0 Å². The molecule has 0 atom stereocenters. The Labute approximate surface area is 99.7 Å². The van der Waals surface area contributed by atoms with Gasteiger partial charge in [0.05, 0.1) is 13.5 Å². The van der Waals surface area contributed by atoms with Crippen molar-refractivity contribution >= 4 is 18.0 Å². The molecule has 0 aromatic carbocycles. The average Bonchev–Trinajstić information content (AvgIpc) is 2.24. The summed E-state index contributed by atoms with van der Waals surface area (Å²) < 4.78 is 4.43. The van der Waals surface area contributed by atoms with E-state index in [0.717, 1.165) is 0 Å². The lowest BCUT2D eigenvalue weighted by Gasteiger charge is -2.25. The van der Waals surface area contributed by atoms with Crippen molar-refractivity contribution < 1.29 is 24.2 Å². The van der Waals surface area contributed by atoms with Crippen LogP contribution >= 0.6 is 0 Å². The van der Waals surface area contributed by atoms with Gasteiger partial charge in [-0.1, -0.05) is 0 Å². The van der Waals surface area contributed by atoms with Crippen LogP contribution in [0.25, 0.3) is 0 Å². The zero-order valence-electron chi connectivity index (χ0n) is 10.4. The number of carbonyl (C=O) groups is 3. The third-order valence-electron chi connectivity index (χ3n) is 2.18. The molecule has 0 aliphatic rings. The van der Waals surface area contributed by atoms with E-state index in [1.165, 1.54) is 32.9 Å². The summed E-state index contributed by atoms with van der Waals surface area (Å²) in [6, 6.07) is -0.554. The summed E-state index contributed by atoms with van der Waals surface area (Å²) in [5, 5.41) is 11.2. The molecule has 0 bridgehead atoms. The average molecular weight is 246 g/mol. The Morgan fingerprint density at radius 3 is 2.29 bits per heavy atom. The van der Waals surface area contributed by atoms with Gasteiger partial charge in [0.2, 0.25) is 0 Å². The summed E-state index contributed by atoms with van der Waals surface area (Å²) in [7, 11) is 2.73. The third-order valence-corrected chi connectivity index (χ3v) is 2.18. The van der Waals surface area contributed by atoms with Crippen molar-refractivity contribution in [2.24, 2.45) is 0 Å². The molecule has 98 valence electrons. The number of hydrogen-bond donors (Lipinski definition) is 2. The minimum Gasteiger partial charge on any atom is -0.480 e. The Morgan fingerprint density at radius 1 is 1.35 bits per heavy atom. The second-order valence-electron chi connectivity index (χ2n) is 4.11. The van der Waals surface area contributed by atoms with Gasteiger partial charge in [-0.3, -0.25) is 4.79 Å². The van der Waals surface area contributed by atoms with Crippen molar-refractivity contribution in [3.05, 3.63) is 0 Å². The number of amides is 2. The van der Waals surface area contributed by atoms with E-state index < -0.39 is 23.5 Å². The van der Waals surface area contributed by atoms with Crippen LogP contribution in [0.5, 0.6) is 0 Å². The molecular weight excluding hydrogens is 228 g/mol. The van der Waals surface area contributed by atoms with Gasteiger partial charge in [0.15, 0.2) is 0 Å². The maximum atomic E-state index is 11.6. The first-order valence-electron chi connectivity index (χ1n) is 5.04. The summed E-state index contributed by atoms with van der Waals surface area (Å²) in [4.78, 5) is 34.4. The monoisotopic (exact) mass is 246 g/mol. The first-order chi connectivity index (χ1) is 7.70. The molecule has 7 heteroatoms. The molecule has 0 rings (SSSR count). The molecule has 7 nitrogen and oxygen atoms in total. The Hall–Kier alpha value is -1.79. The van der Waals surface area contributed by atoms with E-state index >= 15 is 0 Å². The van der Waals surface area contributed by atoms with Crippen LogP contribution in [0.15, 0.2) is 0 Å². The fourth-order valence-corrected chi connectivity index (χ4v) is 0.879. The molecule has 0 aromatic rings. The molecule has 0 fully saturated rings. The first-order valence-corrected chi connectivity index (χ1v) is 5.04. The van der Waals surface area contributed by atoms with Crippen molar-refractivity contribution in [1.82, 2.24) is 10.2 Å².